The largest absolute Gasteiger partial charge is 0.341 e. The van der Waals surface area contributed by atoms with Gasteiger partial charge < -0.3 is 10.2 Å². The minimum atomic E-state index is 0.209. The lowest BCUT2D eigenvalue weighted by molar-refractivity contribution is -0.130. The minimum absolute atomic E-state index is 0.209. The van der Waals surface area contributed by atoms with Crippen molar-refractivity contribution in [2.75, 3.05) is 26.2 Å². The Morgan fingerprint density at radius 1 is 1.17 bits per heavy atom. The highest BCUT2D eigenvalue weighted by Crippen LogP contribution is 2.11. The molecule has 1 aromatic carbocycles. The molecule has 2 rings (SSSR count). The fraction of sp³-hybridized carbons (Fsp3) is 0.500. The molecule has 1 aliphatic heterocycles. The number of rotatable bonds is 2. The van der Waals surface area contributed by atoms with E-state index >= 15 is 0 Å². The molecule has 1 N–H and O–H groups in total. The average Bonchev–Trinajstić information content (AvgIpc) is 2.31. The van der Waals surface area contributed by atoms with Gasteiger partial charge >= 0.3 is 0 Å². The van der Waals surface area contributed by atoms with Crippen molar-refractivity contribution in [3.63, 3.8) is 0 Å². The van der Waals surface area contributed by atoms with E-state index in [-0.39, 0.29) is 5.91 Å². The first-order valence-corrected chi connectivity index (χ1v) is 6.86. The summed E-state index contributed by atoms with van der Waals surface area (Å²) in [5.74, 6) is 0.209. The molecule has 0 radical (unpaired) electrons. The van der Waals surface area contributed by atoms with E-state index in [2.05, 4.69) is 5.32 Å². The van der Waals surface area contributed by atoms with E-state index in [4.69, 9.17) is 11.6 Å². The Labute approximate surface area is 113 Å². The molecular formula is C14H19ClN2O. The maximum absolute atomic E-state index is 12.2. The molecule has 0 aromatic heterocycles. The average molecular weight is 267 g/mol. The summed E-state index contributed by atoms with van der Waals surface area (Å²) in [5.41, 5.74) is 1.03. The van der Waals surface area contributed by atoms with Crippen LogP contribution in [0.25, 0.3) is 0 Å². The third-order valence-corrected chi connectivity index (χ3v) is 3.46. The zero-order valence-corrected chi connectivity index (χ0v) is 11.2. The van der Waals surface area contributed by atoms with Gasteiger partial charge in [-0.25, -0.2) is 0 Å². The van der Waals surface area contributed by atoms with Crippen LogP contribution in [0.2, 0.25) is 5.02 Å². The Bertz CT molecular complexity index is 383. The molecule has 1 aliphatic rings. The molecule has 1 heterocycles. The van der Waals surface area contributed by atoms with Crippen LogP contribution in [0.15, 0.2) is 24.3 Å². The molecule has 4 heteroatoms. The number of hydrogen-bond acceptors (Lipinski definition) is 2. The summed E-state index contributed by atoms with van der Waals surface area (Å²) in [4.78, 5) is 14.1. The molecule has 1 amide bonds. The molecule has 98 valence electrons. The van der Waals surface area contributed by atoms with Gasteiger partial charge in [-0.1, -0.05) is 23.7 Å². The van der Waals surface area contributed by atoms with Crippen LogP contribution in [0.3, 0.4) is 0 Å². The Morgan fingerprint density at radius 2 is 1.94 bits per heavy atom. The van der Waals surface area contributed by atoms with Crippen molar-refractivity contribution in [1.29, 1.82) is 0 Å². The van der Waals surface area contributed by atoms with E-state index in [1.807, 2.05) is 29.2 Å². The molecule has 0 saturated carbocycles. The molecule has 0 aliphatic carbocycles. The quantitative estimate of drug-likeness (QED) is 0.889. The van der Waals surface area contributed by atoms with Crippen LogP contribution in [0.4, 0.5) is 0 Å². The number of carbonyl (C=O) groups excluding carboxylic acids is 1. The van der Waals surface area contributed by atoms with Crippen LogP contribution in [-0.4, -0.2) is 37.0 Å². The molecule has 0 atom stereocenters. The topological polar surface area (TPSA) is 32.3 Å². The summed E-state index contributed by atoms with van der Waals surface area (Å²) in [6, 6.07) is 7.50. The lowest BCUT2D eigenvalue weighted by atomic mass is 10.1. The third kappa shape index (κ3) is 4.00. The number of benzene rings is 1. The highest BCUT2D eigenvalue weighted by Gasteiger charge is 2.14. The maximum atomic E-state index is 12.2. The third-order valence-electron chi connectivity index (χ3n) is 3.21. The molecule has 0 spiro atoms. The number of halogens is 1. The second-order valence-corrected chi connectivity index (χ2v) is 5.08. The summed E-state index contributed by atoms with van der Waals surface area (Å²) in [7, 11) is 0. The lowest BCUT2D eigenvalue weighted by Gasteiger charge is -2.25. The van der Waals surface area contributed by atoms with Crippen molar-refractivity contribution < 1.29 is 4.79 Å². The highest BCUT2D eigenvalue weighted by atomic mass is 35.5. The molecular weight excluding hydrogens is 248 g/mol. The van der Waals surface area contributed by atoms with Gasteiger partial charge in [-0.15, -0.1) is 0 Å². The second-order valence-electron chi connectivity index (χ2n) is 4.64. The molecule has 1 fully saturated rings. The minimum Gasteiger partial charge on any atom is -0.341 e. The summed E-state index contributed by atoms with van der Waals surface area (Å²) in [6.45, 7) is 3.66. The van der Waals surface area contributed by atoms with Crippen LogP contribution in [0.5, 0.6) is 0 Å². The predicted octanol–water partition coefficient (Wildman–Crippen LogP) is 2.09. The Morgan fingerprint density at radius 3 is 2.72 bits per heavy atom. The van der Waals surface area contributed by atoms with E-state index in [1.165, 1.54) is 0 Å². The fourth-order valence-corrected chi connectivity index (χ4v) is 2.27. The van der Waals surface area contributed by atoms with Gasteiger partial charge in [0.15, 0.2) is 0 Å². The summed E-state index contributed by atoms with van der Waals surface area (Å²) >= 11 is 5.83. The number of amides is 1. The van der Waals surface area contributed by atoms with Crippen LogP contribution >= 0.6 is 11.6 Å². The molecule has 1 saturated heterocycles. The van der Waals surface area contributed by atoms with E-state index in [9.17, 15) is 4.79 Å². The Balaban J connectivity index is 1.91. The normalized spacial score (nSPS) is 17.1. The standard InChI is InChI=1S/C14H19ClN2O/c15-13-5-3-12(4-6-13)11-14(18)17-9-2-1-7-16-8-10-17/h3-6,16H,1-2,7-11H2. The first kappa shape index (κ1) is 13.4. The van der Waals surface area contributed by atoms with Crippen molar-refractivity contribution in [3.05, 3.63) is 34.9 Å². The van der Waals surface area contributed by atoms with Gasteiger partial charge in [0.25, 0.3) is 0 Å². The fourth-order valence-electron chi connectivity index (χ4n) is 2.14. The van der Waals surface area contributed by atoms with Crippen molar-refractivity contribution >= 4 is 17.5 Å². The van der Waals surface area contributed by atoms with Crippen LogP contribution in [0.1, 0.15) is 18.4 Å². The summed E-state index contributed by atoms with van der Waals surface area (Å²) in [5, 5.41) is 4.04. The SMILES string of the molecule is O=C(Cc1ccc(Cl)cc1)N1CCCCNCC1. The maximum Gasteiger partial charge on any atom is 0.227 e. The summed E-state index contributed by atoms with van der Waals surface area (Å²) < 4.78 is 0. The first-order chi connectivity index (χ1) is 8.75. The number of nitrogens with one attached hydrogen (secondary N) is 1. The van der Waals surface area contributed by atoms with Crippen LogP contribution in [0, 0.1) is 0 Å². The van der Waals surface area contributed by atoms with Crippen molar-refractivity contribution in [2.24, 2.45) is 0 Å². The Hall–Kier alpha value is -1.06. The zero-order valence-electron chi connectivity index (χ0n) is 10.5. The number of carbonyl (C=O) groups is 1. The van der Waals surface area contributed by atoms with Gasteiger partial charge in [0.05, 0.1) is 6.42 Å². The van der Waals surface area contributed by atoms with Crippen LogP contribution < -0.4 is 5.32 Å². The lowest BCUT2D eigenvalue weighted by Crippen LogP contribution is -2.40. The first-order valence-electron chi connectivity index (χ1n) is 6.48. The van der Waals surface area contributed by atoms with E-state index in [0.717, 1.165) is 44.6 Å². The van der Waals surface area contributed by atoms with E-state index in [1.54, 1.807) is 0 Å². The number of hydrogen-bond donors (Lipinski definition) is 1. The van der Waals surface area contributed by atoms with Crippen LogP contribution in [-0.2, 0) is 11.2 Å². The van der Waals surface area contributed by atoms with Gasteiger partial charge in [-0.05, 0) is 37.1 Å². The molecule has 0 unspecified atom stereocenters. The van der Waals surface area contributed by atoms with Gasteiger partial charge in [-0.3, -0.25) is 4.79 Å². The van der Waals surface area contributed by atoms with Crippen molar-refractivity contribution in [2.45, 2.75) is 19.3 Å². The van der Waals surface area contributed by atoms with Gasteiger partial charge in [0.1, 0.15) is 0 Å². The smallest absolute Gasteiger partial charge is 0.227 e. The highest BCUT2D eigenvalue weighted by molar-refractivity contribution is 6.30. The molecule has 3 nitrogen and oxygen atoms in total. The second kappa shape index (κ2) is 6.76. The zero-order chi connectivity index (χ0) is 12.8. The van der Waals surface area contributed by atoms with Gasteiger partial charge in [-0.2, -0.15) is 0 Å². The van der Waals surface area contributed by atoms with Gasteiger partial charge in [0, 0.05) is 24.7 Å². The van der Waals surface area contributed by atoms with E-state index in [0.29, 0.717) is 11.4 Å². The molecule has 18 heavy (non-hydrogen) atoms. The monoisotopic (exact) mass is 266 g/mol. The number of nitrogens with zero attached hydrogens (tertiary/aromatic N) is 1. The predicted molar refractivity (Wildman–Crippen MR) is 73.8 cm³/mol. The Kier molecular flexibility index (Phi) is 5.02. The summed E-state index contributed by atoms with van der Waals surface area (Å²) in [6.07, 6.45) is 2.70. The van der Waals surface area contributed by atoms with Gasteiger partial charge in [0.2, 0.25) is 5.91 Å². The van der Waals surface area contributed by atoms with E-state index < -0.39 is 0 Å². The van der Waals surface area contributed by atoms with Crippen molar-refractivity contribution in [1.82, 2.24) is 10.2 Å². The van der Waals surface area contributed by atoms with Crippen molar-refractivity contribution in [3.8, 4) is 0 Å². The molecule has 0 bridgehead atoms. The molecule has 1 aromatic rings.